The minimum absolute atomic E-state index is 0.0141. The number of anilines is 1. The number of aromatic nitrogens is 1. The number of imide groups is 1. The zero-order valence-electron chi connectivity index (χ0n) is 9.51. The van der Waals surface area contributed by atoms with Crippen molar-refractivity contribution in [2.45, 2.75) is 25.7 Å². The summed E-state index contributed by atoms with van der Waals surface area (Å²) in [5.41, 5.74) is 0.339. The maximum Gasteiger partial charge on any atom is 0.326 e. The predicted molar refractivity (Wildman–Crippen MR) is 59.8 cm³/mol. The summed E-state index contributed by atoms with van der Waals surface area (Å²) in [5, 5.41) is 16.2. The van der Waals surface area contributed by atoms with Gasteiger partial charge in [0.05, 0.1) is 6.20 Å². The van der Waals surface area contributed by atoms with Crippen LogP contribution in [0.25, 0.3) is 0 Å². The van der Waals surface area contributed by atoms with Gasteiger partial charge in [0.1, 0.15) is 12.0 Å². The molecule has 0 aliphatic rings. The number of carbonyl (C=O) groups excluding carboxylic acids is 2. The summed E-state index contributed by atoms with van der Waals surface area (Å²) in [5.74, 6) is -1.37. The van der Waals surface area contributed by atoms with Crippen LogP contribution in [0.15, 0.2) is 17.0 Å². The third-order valence-corrected chi connectivity index (χ3v) is 1.99. The van der Waals surface area contributed by atoms with Gasteiger partial charge in [-0.2, -0.15) is 0 Å². The largest absolute Gasteiger partial charge is 0.481 e. The average Bonchev–Trinajstić information content (AvgIpc) is 2.76. The Hall–Kier alpha value is -2.38. The molecule has 1 heterocycles. The van der Waals surface area contributed by atoms with E-state index in [9.17, 15) is 14.4 Å². The van der Waals surface area contributed by atoms with Crippen molar-refractivity contribution < 1.29 is 24.0 Å². The van der Waals surface area contributed by atoms with Crippen molar-refractivity contribution >= 4 is 23.6 Å². The van der Waals surface area contributed by atoms with Crippen LogP contribution in [0.3, 0.4) is 0 Å². The van der Waals surface area contributed by atoms with Crippen LogP contribution in [0.5, 0.6) is 0 Å². The van der Waals surface area contributed by atoms with Gasteiger partial charge < -0.3 is 14.9 Å². The van der Waals surface area contributed by atoms with E-state index < -0.39 is 17.9 Å². The molecule has 18 heavy (non-hydrogen) atoms. The third-order valence-electron chi connectivity index (χ3n) is 1.99. The Balaban J connectivity index is 2.15. The number of rotatable bonds is 6. The maximum absolute atomic E-state index is 11.3. The number of nitrogens with zero attached hydrogens (tertiary/aromatic N) is 1. The Morgan fingerprint density at radius 1 is 1.28 bits per heavy atom. The summed E-state index contributed by atoms with van der Waals surface area (Å²) in [6, 6.07) is -0.679. The number of carbonyl (C=O) groups is 3. The molecule has 1 rings (SSSR count). The predicted octanol–water partition coefficient (Wildman–Crippen LogP) is 0.968. The number of carboxylic acid groups (broad SMARTS) is 1. The van der Waals surface area contributed by atoms with E-state index in [1.165, 1.54) is 12.5 Å². The minimum atomic E-state index is -0.902. The zero-order valence-corrected chi connectivity index (χ0v) is 9.51. The molecule has 1 aromatic heterocycles. The van der Waals surface area contributed by atoms with Crippen LogP contribution in [-0.2, 0) is 9.59 Å². The lowest BCUT2D eigenvalue weighted by molar-refractivity contribution is -0.137. The molecule has 0 saturated heterocycles. The highest BCUT2D eigenvalue weighted by molar-refractivity contribution is 6.00. The van der Waals surface area contributed by atoms with E-state index in [-0.39, 0.29) is 12.8 Å². The lowest BCUT2D eigenvalue weighted by Crippen LogP contribution is -2.34. The molecule has 0 aromatic carbocycles. The van der Waals surface area contributed by atoms with Gasteiger partial charge in [0, 0.05) is 12.8 Å². The highest BCUT2D eigenvalue weighted by Gasteiger charge is 2.08. The standard InChI is InChI=1S/C10H13N3O5/c14-8(3-1-2-4-9(15)16)13-10(17)12-7-5-11-18-6-7/h5-6H,1-4H2,(H,15,16)(H2,12,13,14,17). The van der Waals surface area contributed by atoms with Crippen LogP contribution in [0.2, 0.25) is 0 Å². The van der Waals surface area contributed by atoms with Crippen molar-refractivity contribution in [3.8, 4) is 0 Å². The summed E-state index contributed by atoms with van der Waals surface area (Å²) in [4.78, 5) is 32.7. The first-order valence-electron chi connectivity index (χ1n) is 5.30. The fraction of sp³-hybridized carbons (Fsp3) is 0.400. The van der Waals surface area contributed by atoms with Crippen LogP contribution < -0.4 is 10.6 Å². The number of urea groups is 1. The van der Waals surface area contributed by atoms with E-state index in [1.54, 1.807) is 0 Å². The van der Waals surface area contributed by atoms with E-state index in [0.29, 0.717) is 18.5 Å². The number of hydrogen-bond donors (Lipinski definition) is 3. The van der Waals surface area contributed by atoms with Gasteiger partial charge in [0.25, 0.3) is 0 Å². The molecule has 3 amide bonds. The number of aliphatic carboxylic acids is 1. The maximum atomic E-state index is 11.3. The molecular weight excluding hydrogens is 242 g/mol. The molecule has 0 radical (unpaired) electrons. The number of hydrogen-bond acceptors (Lipinski definition) is 5. The first-order valence-corrected chi connectivity index (χ1v) is 5.30. The van der Waals surface area contributed by atoms with Crippen molar-refractivity contribution in [3.63, 3.8) is 0 Å². The van der Waals surface area contributed by atoms with Crippen LogP contribution in [0, 0.1) is 0 Å². The van der Waals surface area contributed by atoms with Crippen molar-refractivity contribution in [1.29, 1.82) is 0 Å². The Kier molecular flexibility index (Phi) is 5.36. The molecule has 0 aliphatic heterocycles. The lowest BCUT2D eigenvalue weighted by Gasteiger charge is -2.03. The van der Waals surface area contributed by atoms with Crippen molar-refractivity contribution in [2.24, 2.45) is 0 Å². The van der Waals surface area contributed by atoms with Gasteiger partial charge in [-0.25, -0.2) is 4.79 Å². The van der Waals surface area contributed by atoms with E-state index >= 15 is 0 Å². The monoisotopic (exact) mass is 255 g/mol. The second kappa shape index (κ2) is 7.05. The molecule has 0 saturated carbocycles. The topological polar surface area (TPSA) is 122 Å². The van der Waals surface area contributed by atoms with Crippen molar-refractivity contribution in [1.82, 2.24) is 10.5 Å². The van der Waals surface area contributed by atoms with Gasteiger partial charge in [-0.05, 0) is 12.8 Å². The molecule has 0 unspecified atom stereocenters. The molecule has 3 N–H and O–H groups in total. The average molecular weight is 255 g/mol. The summed E-state index contributed by atoms with van der Waals surface area (Å²) in [6.07, 6.45) is 3.44. The lowest BCUT2D eigenvalue weighted by atomic mass is 10.2. The number of unbranched alkanes of at least 4 members (excludes halogenated alkanes) is 1. The number of amides is 3. The Bertz CT molecular complexity index is 415. The van der Waals surface area contributed by atoms with E-state index in [2.05, 4.69) is 20.3 Å². The third kappa shape index (κ3) is 5.64. The highest BCUT2D eigenvalue weighted by Crippen LogP contribution is 2.03. The van der Waals surface area contributed by atoms with Crippen LogP contribution >= 0.6 is 0 Å². The van der Waals surface area contributed by atoms with Gasteiger partial charge in [0.15, 0.2) is 0 Å². The smallest absolute Gasteiger partial charge is 0.326 e. The van der Waals surface area contributed by atoms with Gasteiger partial charge in [0.2, 0.25) is 5.91 Å². The molecule has 0 fully saturated rings. The minimum Gasteiger partial charge on any atom is -0.481 e. The first kappa shape index (κ1) is 13.7. The summed E-state index contributed by atoms with van der Waals surface area (Å²) < 4.78 is 4.49. The number of nitrogens with one attached hydrogen (secondary N) is 2. The van der Waals surface area contributed by atoms with Crippen LogP contribution in [0.4, 0.5) is 10.5 Å². The number of carboxylic acids is 1. The van der Waals surface area contributed by atoms with E-state index in [1.807, 2.05) is 0 Å². The highest BCUT2D eigenvalue weighted by atomic mass is 16.5. The van der Waals surface area contributed by atoms with E-state index in [4.69, 9.17) is 5.11 Å². The molecular formula is C10H13N3O5. The SMILES string of the molecule is O=C(O)CCCCC(=O)NC(=O)Nc1cnoc1. The Morgan fingerprint density at radius 3 is 2.61 bits per heavy atom. The van der Waals surface area contributed by atoms with Gasteiger partial charge >= 0.3 is 12.0 Å². The molecule has 98 valence electrons. The Morgan fingerprint density at radius 2 is 2.00 bits per heavy atom. The van der Waals surface area contributed by atoms with Crippen LogP contribution in [0.1, 0.15) is 25.7 Å². The molecule has 0 atom stereocenters. The Labute approximate surface area is 102 Å². The van der Waals surface area contributed by atoms with Crippen molar-refractivity contribution in [2.75, 3.05) is 5.32 Å². The second-order valence-electron chi connectivity index (χ2n) is 3.52. The van der Waals surface area contributed by atoms with Crippen molar-refractivity contribution in [3.05, 3.63) is 12.5 Å². The van der Waals surface area contributed by atoms with Gasteiger partial charge in [-0.1, -0.05) is 5.16 Å². The van der Waals surface area contributed by atoms with Crippen LogP contribution in [-0.4, -0.2) is 28.2 Å². The summed E-state index contributed by atoms with van der Waals surface area (Å²) >= 11 is 0. The summed E-state index contributed by atoms with van der Waals surface area (Å²) in [6.45, 7) is 0. The molecule has 8 nitrogen and oxygen atoms in total. The second-order valence-corrected chi connectivity index (χ2v) is 3.52. The molecule has 0 spiro atoms. The molecule has 1 aromatic rings. The molecule has 0 bridgehead atoms. The van der Waals surface area contributed by atoms with Gasteiger partial charge in [-0.15, -0.1) is 0 Å². The zero-order chi connectivity index (χ0) is 13.4. The first-order chi connectivity index (χ1) is 8.58. The molecule has 8 heteroatoms. The fourth-order valence-corrected chi connectivity index (χ4v) is 1.18. The van der Waals surface area contributed by atoms with Gasteiger partial charge in [-0.3, -0.25) is 14.9 Å². The fourth-order valence-electron chi connectivity index (χ4n) is 1.18. The molecule has 0 aliphatic carbocycles. The quantitative estimate of drug-likeness (QED) is 0.651. The normalized spacial score (nSPS) is 9.78. The van der Waals surface area contributed by atoms with E-state index in [0.717, 1.165) is 0 Å². The summed E-state index contributed by atoms with van der Waals surface area (Å²) in [7, 11) is 0.